The third-order valence-corrected chi connectivity index (χ3v) is 4.79. The number of carbonyl (C=O) groups is 1. The highest BCUT2D eigenvalue weighted by atomic mass is 32.1. The van der Waals surface area contributed by atoms with Crippen LogP contribution < -0.4 is 10.6 Å². The molecule has 26 heavy (non-hydrogen) atoms. The number of halogens is 1. The first-order chi connectivity index (χ1) is 12.4. The summed E-state index contributed by atoms with van der Waals surface area (Å²) in [6, 6.07) is 12.0. The van der Waals surface area contributed by atoms with Crippen molar-refractivity contribution in [2.75, 3.05) is 10.6 Å². The highest BCUT2D eigenvalue weighted by Crippen LogP contribution is 2.23. The third-order valence-electron chi connectivity index (χ3n) is 4.02. The zero-order valence-corrected chi connectivity index (χ0v) is 15.7. The fourth-order valence-corrected chi connectivity index (χ4v) is 3.09. The van der Waals surface area contributed by atoms with Crippen LogP contribution in [0, 0.1) is 19.7 Å². The second-order valence-corrected chi connectivity index (χ2v) is 7.21. The number of aryl methyl sites for hydroxylation is 2. The van der Waals surface area contributed by atoms with Crippen molar-refractivity contribution < 1.29 is 9.18 Å². The SMILES string of the molecule is Cc1nc(-c2ccc(NC(C)C(=O)Nc3ccc(C)c(F)c3)cc2)cs1. The molecule has 0 spiro atoms. The van der Waals surface area contributed by atoms with Gasteiger partial charge in [0, 0.05) is 22.3 Å². The van der Waals surface area contributed by atoms with Crippen molar-refractivity contribution in [3.8, 4) is 11.3 Å². The molecule has 0 saturated carbocycles. The second kappa shape index (κ2) is 7.66. The normalized spacial score (nSPS) is 11.8. The summed E-state index contributed by atoms with van der Waals surface area (Å²) in [5, 5.41) is 8.92. The summed E-state index contributed by atoms with van der Waals surface area (Å²) in [4.78, 5) is 16.8. The molecule has 3 aromatic rings. The maximum Gasteiger partial charge on any atom is 0.246 e. The number of anilines is 2. The molecule has 1 aromatic heterocycles. The van der Waals surface area contributed by atoms with Crippen molar-refractivity contribution in [2.45, 2.75) is 26.8 Å². The summed E-state index contributed by atoms with van der Waals surface area (Å²) in [5.41, 5.74) is 3.81. The molecule has 0 bridgehead atoms. The quantitative estimate of drug-likeness (QED) is 0.665. The molecule has 0 saturated heterocycles. The molecule has 1 atom stereocenters. The molecule has 0 radical (unpaired) electrons. The number of aromatic nitrogens is 1. The first-order valence-electron chi connectivity index (χ1n) is 8.28. The van der Waals surface area contributed by atoms with E-state index in [1.54, 1.807) is 37.3 Å². The summed E-state index contributed by atoms with van der Waals surface area (Å²) in [6.45, 7) is 5.42. The van der Waals surface area contributed by atoms with Crippen LogP contribution in [0.2, 0.25) is 0 Å². The Bertz CT molecular complexity index is 921. The molecule has 0 aliphatic heterocycles. The number of benzene rings is 2. The highest BCUT2D eigenvalue weighted by molar-refractivity contribution is 7.09. The zero-order valence-electron chi connectivity index (χ0n) is 14.8. The van der Waals surface area contributed by atoms with Gasteiger partial charge in [-0.2, -0.15) is 0 Å². The van der Waals surface area contributed by atoms with Gasteiger partial charge in [-0.3, -0.25) is 4.79 Å². The van der Waals surface area contributed by atoms with Crippen LogP contribution >= 0.6 is 11.3 Å². The fraction of sp³-hybridized carbons (Fsp3) is 0.200. The number of nitrogens with one attached hydrogen (secondary N) is 2. The van der Waals surface area contributed by atoms with Gasteiger partial charge in [0.15, 0.2) is 0 Å². The van der Waals surface area contributed by atoms with Gasteiger partial charge in [-0.1, -0.05) is 18.2 Å². The Hall–Kier alpha value is -2.73. The summed E-state index contributed by atoms with van der Waals surface area (Å²) in [5.74, 6) is -0.566. The van der Waals surface area contributed by atoms with E-state index in [0.29, 0.717) is 11.3 Å². The topological polar surface area (TPSA) is 54.0 Å². The number of amides is 1. The van der Waals surface area contributed by atoms with Gasteiger partial charge in [-0.25, -0.2) is 9.37 Å². The Morgan fingerprint density at radius 2 is 1.81 bits per heavy atom. The van der Waals surface area contributed by atoms with Crippen molar-refractivity contribution in [2.24, 2.45) is 0 Å². The van der Waals surface area contributed by atoms with E-state index in [2.05, 4.69) is 15.6 Å². The van der Waals surface area contributed by atoms with Crippen LogP contribution in [0.3, 0.4) is 0 Å². The Morgan fingerprint density at radius 3 is 2.42 bits per heavy atom. The minimum Gasteiger partial charge on any atom is -0.374 e. The number of hydrogen-bond donors (Lipinski definition) is 2. The van der Waals surface area contributed by atoms with Gasteiger partial charge in [0.25, 0.3) is 0 Å². The van der Waals surface area contributed by atoms with E-state index in [4.69, 9.17) is 0 Å². The zero-order chi connectivity index (χ0) is 18.7. The van der Waals surface area contributed by atoms with Gasteiger partial charge >= 0.3 is 0 Å². The number of hydrogen-bond acceptors (Lipinski definition) is 4. The maximum absolute atomic E-state index is 13.6. The van der Waals surface area contributed by atoms with E-state index in [1.165, 1.54) is 6.07 Å². The molecule has 2 N–H and O–H groups in total. The molecule has 134 valence electrons. The molecule has 0 aliphatic rings. The average molecular weight is 369 g/mol. The predicted molar refractivity (Wildman–Crippen MR) is 105 cm³/mol. The molecular weight excluding hydrogens is 349 g/mol. The summed E-state index contributed by atoms with van der Waals surface area (Å²) in [6.07, 6.45) is 0. The van der Waals surface area contributed by atoms with Crippen molar-refractivity contribution >= 4 is 28.6 Å². The van der Waals surface area contributed by atoms with Crippen molar-refractivity contribution in [3.05, 3.63) is 64.2 Å². The lowest BCUT2D eigenvalue weighted by atomic mass is 10.1. The number of carbonyl (C=O) groups excluding carboxylic acids is 1. The van der Waals surface area contributed by atoms with Gasteiger partial charge in [0.2, 0.25) is 5.91 Å². The third kappa shape index (κ3) is 4.26. The van der Waals surface area contributed by atoms with E-state index in [0.717, 1.165) is 22.0 Å². The van der Waals surface area contributed by atoms with E-state index in [-0.39, 0.29) is 11.7 Å². The van der Waals surface area contributed by atoms with E-state index in [1.807, 2.05) is 36.6 Å². The van der Waals surface area contributed by atoms with Crippen LogP contribution in [0.5, 0.6) is 0 Å². The van der Waals surface area contributed by atoms with Crippen LogP contribution in [0.15, 0.2) is 47.8 Å². The second-order valence-electron chi connectivity index (χ2n) is 6.15. The minimum absolute atomic E-state index is 0.229. The number of thiazole rings is 1. The van der Waals surface area contributed by atoms with E-state index < -0.39 is 6.04 Å². The lowest BCUT2D eigenvalue weighted by Crippen LogP contribution is -2.31. The van der Waals surface area contributed by atoms with Crippen LogP contribution in [0.4, 0.5) is 15.8 Å². The van der Waals surface area contributed by atoms with Crippen LogP contribution in [0.25, 0.3) is 11.3 Å². The fourth-order valence-electron chi connectivity index (χ4n) is 2.47. The number of rotatable bonds is 5. The first kappa shape index (κ1) is 18.1. The smallest absolute Gasteiger partial charge is 0.246 e. The lowest BCUT2D eigenvalue weighted by molar-refractivity contribution is -0.116. The molecule has 6 heteroatoms. The van der Waals surface area contributed by atoms with E-state index in [9.17, 15) is 9.18 Å². The largest absolute Gasteiger partial charge is 0.374 e. The monoisotopic (exact) mass is 369 g/mol. The Labute approximate surface area is 156 Å². The van der Waals surface area contributed by atoms with Crippen LogP contribution in [-0.2, 0) is 4.79 Å². The molecule has 1 unspecified atom stereocenters. The summed E-state index contributed by atoms with van der Waals surface area (Å²) in [7, 11) is 0. The van der Waals surface area contributed by atoms with Gasteiger partial charge in [-0.15, -0.1) is 11.3 Å². The highest BCUT2D eigenvalue weighted by Gasteiger charge is 2.13. The standard InChI is InChI=1S/C20H20FN3OS/c1-12-4-7-17(10-18(12)21)24-20(25)13(2)22-16-8-5-15(6-9-16)19-11-26-14(3)23-19/h4-11,13,22H,1-3H3,(H,24,25). The Balaban J connectivity index is 1.62. The van der Waals surface area contributed by atoms with Gasteiger partial charge in [-0.05, 0) is 50.6 Å². The van der Waals surface area contributed by atoms with Gasteiger partial charge < -0.3 is 10.6 Å². The molecule has 2 aromatic carbocycles. The van der Waals surface area contributed by atoms with E-state index >= 15 is 0 Å². The molecule has 0 aliphatic carbocycles. The molecular formula is C20H20FN3OS. The Morgan fingerprint density at radius 1 is 1.12 bits per heavy atom. The number of nitrogens with zero attached hydrogens (tertiary/aromatic N) is 1. The van der Waals surface area contributed by atoms with Crippen molar-refractivity contribution in [1.82, 2.24) is 4.98 Å². The molecule has 4 nitrogen and oxygen atoms in total. The van der Waals surface area contributed by atoms with Crippen molar-refractivity contribution in [3.63, 3.8) is 0 Å². The summed E-state index contributed by atoms with van der Waals surface area (Å²) >= 11 is 1.61. The minimum atomic E-state index is -0.466. The lowest BCUT2D eigenvalue weighted by Gasteiger charge is -2.16. The molecule has 0 fully saturated rings. The molecule has 1 amide bonds. The molecule has 1 heterocycles. The summed E-state index contributed by atoms with van der Waals surface area (Å²) < 4.78 is 13.6. The predicted octanol–water partition coefficient (Wildman–Crippen LogP) is 5.01. The first-order valence-corrected chi connectivity index (χ1v) is 9.16. The van der Waals surface area contributed by atoms with Crippen LogP contribution in [0.1, 0.15) is 17.5 Å². The molecule has 3 rings (SSSR count). The van der Waals surface area contributed by atoms with Crippen LogP contribution in [-0.4, -0.2) is 16.9 Å². The van der Waals surface area contributed by atoms with Gasteiger partial charge in [0.1, 0.15) is 11.9 Å². The van der Waals surface area contributed by atoms with Crippen molar-refractivity contribution in [1.29, 1.82) is 0 Å². The Kier molecular flexibility index (Phi) is 5.32. The average Bonchev–Trinajstić information content (AvgIpc) is 3.05. The van der Waals surface area contributed by atoms with Gasteiger partial charge in [0.05, 0.1) is 10.7 Å². The maximum atomic E-state index is 13.6.